The highest BCUT2D eigenvalue weighted by Gasteiger charge is 2.18. The van der Waals surface area contributed by atoms with Gasteiger partial charge in [-0.15, -0.1) is 0 Å². The molecule has 8 nitrogen and oxygen atoms in total. The summed E-state index contributed by atoms with van der Waals surface area (Å²) in [5, 5.41) is 12.8. The lowest BCUT2D eigenvalue weighted by molar-refractivity contribution is -0.402. The first kappa shape index (κ1) is 15.7. The van der Waals surface area contributed by atoms with Crippen LogP contribution in [0.3, 0.4) is 0 Å². The van der Waals surface area contributed by atoms with Crippen molar-refractivity contribution >= 4 is 21.6 Å². The molecule has 1 amide bonds. The van der Waals surface area contributed by atoms with Crippen molar-refractivity contribution in [1.82, 2.24) is 5.32 Å². The Hall–Kier alpha value is -2.68. The second kappa shape index (κ2) is 6.39. The topological polar surface area (TPSA) is 120 Å². The largest absolute Gasteiger partial charge is 0.433 e. The minimum absolute atomic E-state index is 0.134. The SMILES string of the molecule is O=C(NCCS(=O)(=O)c1ccccc1)c1ccc([N+](=O)[O-])o1. The Kier molecular flexibility index (Phi) is 4.56. The number of carbonyl (C=O) groups is 1. The van der Waals surface area contributed by atoms with Gasteiger partial charge in [-0.25, -0.2) is 8.42 Å². The van der Waals surface area contributed by atoms with Crippen molar-refractivity contribution in [3.63, 3.8) is 0 Å². The van der Waals surface area contributed by atoms with Gasteiger partial charge in [0, 0.05) is 6.54 Å². The van der Waals surface area contributed by atoms with Gasteiger partial charge in [0.1, 0.15) is 4.92 Å². The van der Waals surface area contributed by atoms with E-state index >= 15 is 0 Å². The molecule has 0 aliphatic carbocycles. The summed E-state index contributed by atoms with van der Waals surface area (Å²) in [6.07, 6.45) is 0. The Morgan fingerprint density at radius 2 is 1.86 bits per heavy atom. The van der Waals surface area contributed by atoms with Gasteiger partial charge < -0.3 is 9.73 Å². The van der Waals surface area contributed by atoms with Gasteiger partial charge in [0.05, 0.1) is 16.7 Å². The molecule has 2 rings (SSSR count). The quantitative estimate of drug-likeness (QED) is 0.633. The molecule has 1 heterocycles. The lowest BCUT2D eigenvalue weighted by Crippen LogP contribution is -2.28. The van der Waals surface area contributed by atoms with Gasteiger partial charge >= 0.3 is 5.88 Å². The Labute approximate surface area is 125 Å². The van der Waals surface area contributed by atoms with Crippen LogP contribution in [0.4, 0.5) is 5.88 Å². The molecular formula is C13H12N2O6S. The summed E-state index contributed by atoms with van der Waals surface area (Å²) in [4.78, 5) is 21.5. The molecule has 0 spiro atoms. The van der Waals surface area contributed by atoms with Crippen molar-refractivity contribution < 1.29 is 22.6 Å². The van der Waals surface area contributed by atoms with Gasteiger partial charge in [-0.2, -0.15) is 0 Å². The predicted molar refractivity (Wildman–Crippen MR) is 76.2 cm³/mol. The van der Waals surface area contributed by atoms with Crippen LogP contribution in [0.2, 0.25) is 0 Å². The van der Waals surface area contributed by atoms with Crippen molar-refractivity contribution in [2.24, 2.45) is 0 Å². The summed E-state index contributed by atoms with van der Waals surface area (Å²) in [7, 11) is -3.50. The fraction of sp³-hybridized carbons (Fsp3) is 0.154. The van der Waals surface area contributed by atoms with Crippen LogP contribution in [-0.2, 0) is 9.84 Å². The Bertz CT molecular complexity index is 782. The molecule has 0 bridgehead atoms. The van der Waals surface area contributed by atoms with Gasteiger partial charge in [0.15, 0.2) is 15.6 Å². The van der Waals surface area contributed by atoms with Gasteiger partial charge in [0.25, 0.3) is 5.91 Å². The van der Waals surface area contributed by atoms with Crippen molar-refractivity contribution in [3.05, 3.63) is 58.3 Å². The zero-order valence-electron chi connectivity index (χ0n) is 11.3. The van der Waals surface area contributed by atoms with Crippen molar-refractivity contribution in [2.45, 2.75) is 4.90 Å². The summed E-state index contributed by atoms with van der Waals surface area (Å²) in [5.74, 6) is -1.80. The van der Waals surface area contributed by atoms with E-state index in [9.17, 15) is 23.3 Å². The number of sulfone groups is 1. The van der Waals surface area contributed by atoms with Crippen molar-refractivity contribution in [2.75, 3.05) is 12.3 Å². The lowest BCUT2D eigenvalue weighted by Gasteiger charge is -2.05. The molecule has 1 aromatic carbocycles. The molecule has 0 fully saturated rings. The third kappa shape index (κ3) is 3.70. The highest BCUT2D eigenvalue weighted by molar-refractivity contribution is 7.91. The van der Waals surface area contributed by atoms with Crippen LogP contribution < -0.4 is 5.32 Å². The number of amides is 1. The minimum Gasteiger partial charge on any atom is -0.395 e. The Morgan fingerprint density at radius 3 is 2.45 bits per heavy atom. The molecule has 22 heavy (non-hydrogen) atoms. The van der Waals surface area contributed by atoms with E-state index < -0.39 is 26.6 Å². The summed E-state index contributed by atoms with van der Waals surface area (Å²) in [6.45, 7) is -0.134. The van der Waals surface area contributed by atoms with Gasteiger partial charge in [-0.3, -0.25) is 14.9 Å². The Balaban J connectivity index is 1.93. The van der Waals surface area contributed by atoms with Crippen LogP contribution in [-0.4, -0.2) is 31.5 Å². The average Bonchev–Trinajstić information content (AvgIpc) is 2.98. The average molecular weight is 324 g/mol. The first-order valence-corrected chi connectivity index (χ1v) is 7.85. The van der Waals surface area contributed by atoms with Gasteiger partial charge in [-0.1, -0.05) is 18.2 Å². The van der Waals surface area contributed by atoms with Crippen molar-refractivity contribution in [3.8, 4) is 0 Å². The third-order valence-corrected chi connectivity index (χ3v) is 4.49. The number of carbonyl (C=O) groups excluding carboxylic acids is 1. The summed E-state index contributed by atoms with van der Waals surface area (Å²) >= 11 is 0. The van der Waals surface area contributed by atoms with E-state index in [0.29, 0.717) is 0 Å². The molecule has 0 radical (unpaired) electrons. The van der Waals surface area contributed by atoms with Gasteiger partial charge in [0.2, 0.25) is 0 Å². The van der Waals surface area contributed by atoms with E-state index in [1.807, 2.05) is 0 Å². The number of hydrogen-bond acceptors (Lipinski definition) is 6. The molecule has 0 aliphatic rings. The number of nitrogens with zero attached hydrogens (tertiary/aromatic N) is 1. The van der Waals surface area contributed by atoms with E-state index in [0.717, 1.165) is 12.1 Å². The molecule has 116 valence electrons. The molecule has 1 aromatic heterocycles. The smallest absolute Gasteiger partial charge is 0.395 e. The first-order chi connectivity index (χ1) is 10.4. The summed E-state index contributed by atoms with van der Waals surface area (Å²) < 4.78 is 28.7. The van der Waals surface area contributed by atoms with E-state index in [1.54, 1.807) is 18.2 Å². The van der Waals surface area contributed by atoms with Crippen LogP contribution in [0.15, 0.2) is 51.8 Å². The monoisotopic (exact) mass is 324 g/mol. The third-order valence-electron chi connectivity index (χ3n) is 2.75. The summed E-state index contributed by atoms with van der Waals surface area (Å²) in [6, 6.07) is 10.0. The molecule has 2 aromatic rings. The Morgan fingerprint density at radius 1 is 1.18 bits per heavy atom. The van der Waals surface area contributed by atoms with E-state index in [2.05, 4.69) is 5.32 Å². The number of hydrogen-bond donors (Lipinski definition) is 1. The predicted octanol–water partition coefficient (Wildman–Crippen LogP) is 1.39. The molecule has 1 N–H and O–H groups in total. The highest BCUT2D eigenvalue weighted by atomic mass is 32.2. The molecule has 0 unspecified atom stereocenters. The van der Waals surface area contributed by atoms with Crippen LogP contribution in [0.5, 0.6) is 0 Å². The maximum atomic E-state index is 12.0. The molecule has 0 saturated heterocycles. The molecule has 0 saturated carbocycles. The molecule has 0 aliphatic heterocycles. The number of furan rings is 1. The number of rotatable bonds is 6. The lowest BCUT2D eigenvalue weighted by atomic mass is 10.4. The number of nitrogens with one attached hydrogen (secondary N) is 1. The van der Waals surface area contributed by atoms with E-state index in [1.165, 1.54) is 12.1 Å². The standard InChI is InChI=1S/C13H12N2O6S/c16-13(11-6-7-12(21-11)15(17)18)14-8-9-22(19,20)10-4-2-1-3-5-10/h1-7H,8-9H2,(H,14,16). The molecular weight excluding hydrogens is 312 g/mol. The fourth-order valence-corrected chi connectivity index (χ4v) is 2.86. The van der Waals surface area contributed by atoms with Crippen LogP contribution in [0.1, 0.15) is 10.6 Å². The van der Waals surface area contributed by atoms with Gasteiger partial charge in [-0.05, 0) is 18.2 Å². The summed E-state index contributed by atoms with van der Waals surface area (Å²) in [5.41, 5.74) is 0. The second-order valence-electron chi connectivity index (χ2n) is 4.28. The normalized spacial score (nSPS) is 11.1. The molecule has 9 heteroatoms. The van der Waals surface area contributed by atoms with Crippen LogP contribution in [0.25, 0.3) is 0 Å². The fourth-order valence-electron chi connectivity index (χ4n) is 1.68. The second-order valence-corrected chi connectivity index (χ2v) is 6.39. The maximum absolute atomic E-state index is 12.0. The first-order valence-electron chi connectivity index (χ1n) is 6.20. The van der Waals surface area contributed by atoms with Crippen LogP contribution in [0, 0.1) is 10.1 Å². The van der Waals surface area contributed by atoms with E-state index in [-0.39, 0.29) is 23.0 Å². The zero-order chi connectivity index (χ0) is 16.2. The van der Waals surface area contributed by atoms with E-state index in [4.69, 9.17) is 4.42 Å². The maximum Gasteiger partial charge on any atom is 0.433 e. The zero-order valence-corrected chi connectivity index (χ0v) is 12.1. The van der Waals surface area contributed by atoms with Crippen LogP contribution >= 0.6 is 0 Å². The highest BCUT2D eigenvalue weighted by Crippen LogP contribution is 2.15. The molecule has 0 atom stereocenters. The number of nitro groups is 1. The number of benzene rings is 1. The van der Waals surface area contributed by atoms with Crippen molar-refractivity contribution in [1.29, 1.82) is 0 Å². The minimum atomic E-state index is -3.50.